The monoisotopic (exact) mass is 231 g/mol. The zero-order chi connectivity index (χ0) is 11.6. The van der Waals surface area contributed by atoms with Crippen molar-refractivity contribution in [2.45, 2.75) is 23.5 Å². The second-order valence-electron chi connectivity index (χ2n) is 4.54. The quantitative estimate of drug-likeness (QED) is 0.816. The minimum absolute atomic E-state index is 0.0874. The van der Waals surface area contributed by atoms with Crippen molar-refractivity contribution in [2.24, 2.45) is 5.73 Å². The summed E-state index contributed by atoms with van der Waals surface area (Å²) in [5, 5.41) is 2.61. The van der Waals surface area contributed by atoms with Crippen LogP contribution >= 0.6 is 11.8 Å². The third-order valence-corrected chi connectivity index (χ3v) is 3.92. The van der Waals surface area contributed by atoms with E-state index in [1.807, 2.05) is 11.8 Å². The zero-order valence-corrected chi connectivity index (χ0v) is 10.6. The predicted octanol–water partition coefficient (Wildman–Crippen LogP) is 3.67. The molecule has 0 aliphatic heterocycles. The summed E-state index contributed by atoms with van der Waals surface area (Å²) in [6, 6.07) is 14.9. The molecule has 0 spiro atoms. The van der Waals surface area contributed by atoms with Crippen molar-refractivity contribution >= 4 is 22.5 Å². The molecule has 0 saturated heterocycles. The standard InChI is InChI=1S/C14H17NS/c1-14(2,10-15)16-13-9-5-7-11-6-3-4-8-12(11)13/h3-9H,10,15H2,1-2H3. The Balaban J connectivity index is 2.45. The Kier molecular flexibility index (Phi) is 3.22. The van der Waals surface area contributed by atoms with Crippen LogP contribution in [0, 0.1) is 0 Å². The van der Waals surface area contributed by atoms with Gasteiger partial charge in [0.05, 0.1) is 0 Å². The number of hydrogen-bond acceptors (Lipinski definition) is 2. The van der Waals surface area contributed by atoms with E-state index >= 15 is 0 Å². The minimum atomic E-state index is 0.0874. The Morgan fingerprint density at radius 1 is 1.06 bits per heavy atom. The fourth-order valence-corrected chi connectivity index (χ4v) is 2.75. The molecule has 2 N–H and O–H groups in total. The van der Waals surface area contributed by atoms with E-state index in [4.69, 9.17) is 5.73 Å². The fourth-order valence-electron chi connectivity index (χ4n) is 1.62. The molecule has 0 saturated carbocycles. The molecule has 0 unspecified atom stereocenters. The molecule has 2 heteroatoms. The molecule has 0 heterocycles. The average Bonchev–Trinajstić information content (AvgIpc) is 2.29. The van der Waals surface area contributed by atoms with Gasteiger partial charge in [-0.3, -0.25) is 0 Å². The van der Waals surface area contributed by atoms with Gasteiger partial charge in [-0.15, -0.1) is 11.8 Å². The van der Waals surface area contributed by atoms with Crippen LogP contribution in [-0.2, 0) is 0 Å². The highest BCUT2D eigenvalue weighted by Gasteiger charge is 2.18. The van der Waals surface area contributed by atoms with Crippen molar-refractivity contribution in [3.05, 3.63) is 42.5 Å². The van der Waals surface area contributed by atoms with Gasteiger partial charge in [0.2, 0.25) is 0 Å². The van der Waals surface area contributed by atoms with Crippen LogP contribution in [0.15, 0.2) is 47.4 Å². The normalized spacial score (nSPS) is 11.9. The lowest BCUT2D eigenvalue weighted by atomic mass is 10.1. The molecule has 0 atom stereocenters. The van der Waals surface area contributed by atoms with Gasteiger partial charge in [-0.05, 0) is 30.7 Å². The number of thioether (sulfide) groups is 1. The van der Waals surface area contributed by atoms with E-state index in [0.717, 1.165) is 0 Å². The number of nitrogens with two attached hydrogens (primary N) is 1. The van der Waals surface area contributed by atoms with Crippen molar-refractivity contribution < 1.29 is 0 Å². The molecule has 0 radical (unpaired) electrons. The van der Waals surface area contributed by atoms with Crippen molar-refractivity contribution in [2.75, 3.05) is 6.54 Å². The first-order valence-electron chi connectivity index (χ1n) is 5.49. The first-order valence-corrected chi connectivity index (χ1v) is 6.31. The first kappa shape index (κ1) is 11.5. The van der Waals surface area contributed by atoms with Gasteiger partial charge in [-0.1, -0.05) is 36.4 Å². The molecule has 0 fully saturated rings. The van der Waals surface area contributed by atoms with Gasteiger partial charge in [0.1, 0.15) is 0 Å². The van der Waals surface area contributed by atoms with Crippen LogP contribution in [0.1, 0.15) is 13.8 Å². The van der Waals surface area contributed by atoms with Crippen molar-refractivity contribution in [3.63, 3.8) is 0 Å². The molecule has 2 aromatic rings. The molecule has 0 amide bonds. The third-order valence-electron chi connectivity index (χ3n) is 2.63. The number of rotatable bonds is 3. The highest BCUT2D eigenvalue weighted by molar-refractivity contribution is 8.00. The fraction of sp³-hybridized carbons (Fsp3) is 0.286. The lowest BCUT2D eigenvalue weighted by Crippen LogP contribution is -2.26. The second-order valence-corrected chi connectivity index (χ2v) is 6.29. The number of hydrogen-bond donors (Lipinski definition) is 1. The SMILES string of the molecule is CC(C)(CN)Sc1cccc2ccccc12. The predicted molar refractivity (Wildman–Crippen MR) is 72.9 cm³/mol. The van der Waals surface area contributed by atoms with Gasteiger partial charge in [-0.25, -0.2) is 0 Å². The summed E-state index contributed by atoms with van der Waals surface area (Å²) in [5.41, 5.74) is 5.78. The molecule has 0 aliphatic rings. The van der Waals surface area contributed by atoms with Crippen LogP contribution < -0.4 is 5.73 Å². The maximum atomic E-state index is 5.78. The van der Waals surface area contributed by atoms with Gasteiger partial charge in [0, 0.05) is 16.2 Å². The van der Waals surface area contributed by atoms with Crippen LogP contribution in [0.2, 0.25) is 0 Å². The first-order chi connectivity index (χ1) is 7.62. The van der Waals surface area contributed by atoms with E-state index < -0.39 is 0 Å². The summed E-state index contributed by atoms with van der Waals surface area (Å²) in [6.07, 6.45) is 0. The number of benzene rings is 2. The van der Waals surface area contributed by atoms with Crippen molar-refractivity contribution in [1.29, 1.82) is 0 Å². The Hall–Kier alpha value is -0.990. The summed E-state index contributed by atoms with van der Waals surface area (Å²) in [5.74, 6) is 0. The van der Waals surface area contributed by atoms with E-state index in [0.29, 0.717) is 6.54 Å². The van der Waals surface area contributed by atoms with Crippen molar-refractivity contribution in [1.82, 2.24) is 0 Å². The minimum Gasteiger partial charge on any atom is -0.329 e. The number of fused-ring (bicyclic) bond motifs is 1. The largest absolute Gasteiger partial charge is 0.329 e. The van der Waals surface area contributed by atoms with Gasteiger partial charge >= 0.3 is 0 Å². The molecule has 0 bridgehead atoms. The van der Waals surface area contributed by atoms with Gasteiger partial charge in [0.25, 0.3) is 0 Å². The Morgan fingerprint density at radius 2 is 1.75 bits per heavy atom. The van der Waals surface area contributed by atoms with Gasteiger partial charge in [0.15, 0.2) is 0 Å². The molecule has 0 aliphatic carbocycles. The molecular weight excluding hydrogens is 214 g/mol. The molecular formula is C14H17NS. The summed E-state index contributed by atoms with van der Waals surface area (Å²) in [7, 11) is 0. The van der Waals surface area contributed by atoms with Crippen LogP contribution in [0.25, 0.3) is 10.8 Å². The van der Waals surface area contributed by atoms with Gasteiger partial charge in [-0.2, -0.15) is 0 Å². The Bertz CT molecular complexity index is 486. The van der Waals surface area contributed by atoms with Crippen LogP contribution in [0.5, 0.6) is 0 Å². The van der Waals surface area contributed by atoms with Crippen LogP contribution in [0.3, 0.4) is 0 Å². The molecule has 0 aromatic heterocycles. The molecule has 2 aromatic carbocycles. The van der Waals surface area contributed by atoms with E-state index in [1.54, 1.807) is 0 Å². The van der Waals surface area contributed by atoms with Crippen molar-refractivity contribution in [3.8, 4) is 0 Å². The van der Waals surface area contributed by atoms with Crippen LogP contribution in [-0.4, -0.2) is 11.3 Å². The van der Waals surface area contributed by atoms with E-state index in [9.17, 15) is 0 Å². The lowest BCUT2D eigenvalue weighted by molar-refractivity contribution is 0.723. The molecule has 1 nitrogen and oxygen atoms in total. The highest BCUT2D eigenvalue weighted by atomic mass is 32.2. The summed E-state index contributed by atoms with van der Waals surface area (Å²) in [4.78, 5) is 1.31. The van der Waals surface area contributed by atoms with E-state index in [2.05, 4.69) is 56.3 Å². The maximum Gasteiger partial charge on any atom is 0.0273 e. The highest BCUT2D eigenvalue weighted by Crippen LogP contribution is 2.35. The topological polar surface area (TPSA) is 26.0 Å². The molecule has 2 rings (SSSR count). The average molecular weight is 231 g/mol. The zero-order valence-electron chi connectivity index (χ0n) is 9.73. The lowest BCUT2D eigenvalue weighted by Gasteiger charge is -2.22. The Labute approximate surface area is 101 Å². The van der Waals surface area contributed by atoms with E-state index in [-0.39, 0.29) is 4.75 Å². The Morgan fingerprint density at radius 3 is 2.50 bits per heavy atom. The van der Waals surface area contributed by atoms with Gasteiger partial charge < -0.3 is 5.73 Å². The third kappa shape index (κ3) is 2.39. The summed E-state index contributed by atoms with van der Waals surface area (Å²) < 4.78 is 0.0874. The van der Waals surface area contributed by atoms with Crippen LogP contribution in [0.4, 0.5) is 0 Å². The molecule has 16 heavy (non-hydrogen) atoms. The van der Waals surface area contributed by atoms with E-state index in [1.165, 1.54) is 15.7 Å². The molecule has 84 valence electrons. The summed E-state index contributed by atoms with van der Waals surface area (Å²) >= 11 is 1.85. The summed E-state index contributed by atoms with van der Waals surface area (Å²) in [6.45, 7) is 5.04. The smallest absolute Gasteiger partial charge is 0.0273 e. The maximum absolute atomic E-state index is 5.78. The second kappa shape index (κ2) is 4.48.